The number of anilines is 1. The molecular weight excluding hydrogens is 436 g/mol. The monoisotopic (exact) mass is 468 g/mol. The predicted octanol–water partition coefficient (Wildman–Crippen LogP) is 3.70. The van der Waals surface area contributed by atoms with Gasteiger partial charge in [0.15, 0.2) is 0 Å². The fourth-order valence-corrected chi connectivity index (χ4v) is 5.29. The third-order valence-corrected chi connectivity index (χ3v) is 8.04. The van der Waals surface area contributed by atoms with Crippen LogP contribution in [0.2, 0.25) is 0 Å². The molecule has 1 fully saturated rings. The molecule has 176 valence electrons. The number of carbonyl (C=O) groups is 1. The first-order valence-electron chi connectivity index (χ1n) is 11.5. The lowest BCUT2D eigenvalue weighted by atomic mass is 10.1. The van der Waals surface area contributed by atoms with Gasteiger partial charge in [0.25, 0.3) is 5.91 Å². The highest BCUT2D eigenvalue weighted by Crippen LogP contribution is 2.28. The van der Waals surface area contributed by atoms with Crippen molar-refractivity contribution in [2.24, 2.45) is 0 Å². The van der Waals surface area contributed by atoms with Crippen molar-refractivity contribution in [1.29, 1.82) is 0 Å². The first kappa shape index (κ1) is 23.3. The van der Waals surface area contributed by atoms with E-state index in [-0.39, 0.29) is 10.8 Å². The highest BCUT2D eigenvalue weighted by Gasteiger charge is 2.24. The summed E-state index contributed by atoms with van der Waals surface area (Å²) in [7, 11) is -0.627. The Morgan fingerprint density at radius 1 is 1.03 bits per heavy atom. The van der Waals surface area contributed by atoms with Crippen LogP contribution in [-0.4, -0.2) is 56.9 Å². The summed E-state index contributed by atoms with van der Waals surface area (Å²) in [5.41, 5.74) is 2.41. The maximum Gasteiger partial charge on any atom is 0.253 e. The molecule has 7 nitrogen and oxygen atoms in total. The number of sulfonamides is 1. The fraction of sp³-hybridized carbons (Fsp3) is 0.400. The minimum atomic E-state index is -3.62. The molecule has 1 saturated heterocycles. The number of hydrogen-bond donors (Lipinski definition) is 1. The van der Waals surface area contributed by atoms with Gasteiger partial charge in [-0.3, -0.25) is 4.79 Å². The van der Waals surface area contributed by atoms with Crippen molar-refractivity contribution in [3.05, 3.63) is 60.3 Å². The molecule has 1 aromatic heterocycles. The number of para-hydroxylation sites is 1. The molecule has 0 bridgehead atoms. The van der Waals surface area contributed by atoms with Gasteiger partial charge in [-0.2, -0.15) is 0 Å². The van der Waals surface area contributed by atoms with Gasteiger partial charge in [0.05, 0.1) is 10.5 Å². The number of benzene rings is 2. The molecule has 1 aliphatic heterocycles. The Hall–Kier alpha value is -2.84. The second kappa shape index (κ2) is 9.97. The molecule has 8 heteroatoms. The summed E-state index contributed by atoms with van der Waals surface area (Å²) in [5.74, 6) is -0.233. The normalized spacial score (nSPS) is 14.7. The van der Waals surface area contributed by atoms with Crippen LogP contribution in [0.3, 0.4) is 0 Å². The molecule has 0 saturated carbocycles. The molecule has 1 amide bonds. The van der Waals surface area contributed by atoms with Crippen LogP contribution >= 0.6 is 0 Å². The van der Waals surface area contributed by atoms with Crippen molar-refractivity contribution >= 4 is 32.5 Å². The lowest BCUT2D eigenvalue weighted by Gasteiger charge is -2.30. The molecule has 33 heavy (non-hydrogen) atoms. The second-order valence-corrected chi connectivity index (χ2v) is 10.8. The van der Waals surface area contributed by atoms with Crippen molar-refractivity contribution in [2.45, 2.75) is 37.1 Å². The van der Waals surface area contributed by atoms with E-state index in [0.717, 1.165) is 44.6 Å². The Bertz CT molecular complexity index is 1230. The third kappa shape index (κ3) is 5.07. The molecule has 0 radical (unpaired) electrons. The van der Waals surface area contributed by atoms with Gasteiger partial charge in [-0.25, -0.2) is 12.7 Å². The quantitative estimate of drug-likeness (QED) is 0.512. The summed E-state index contributed by atoms with van der Waals surface area (Å²) in [5, 5.41) is 4.21. The van der Waals surface area contributed by atoms with Crippen LogP contribution in [0.25, 0.3) is 10.9 Å². The average Bonchev–Trinajstić information content (AvgIpc) is 3.25. The molecule has 0 atom stereocenters. The van der Waals surface area contributed by atoms with E-state index in [2.05, 4.69) is 39.2 Å². The lowest BCUT2D eigenvalue weighted by molar-refractivity contribution is 0.0953. The smallest absolute Gasteiger partial charge is 0.253 e. The van der Waals surface area contributed by atoms with Crippen LogP contribution in [0.15, 0.2) is 59.6 Å². The zero-order valence-electron chi connectivity index (χ0n) is 19.3. The molecule has 2 heterocycles. The van der Waals surface area contributed by atoms with Gasteiger partial charge < -0.3 is 14.8 Å². The van der Waals surface area contributed by atoms with Gasteiger partial charge in [-0.05, 0) is 61.4 Å². The van der Waals surface area contributed by atoms with Crippen LogP contribution in [0.5, 0.6) is 0 Å². The Morgan fingerprint density at radius 2 is 1.79 bits per heavy atom. The van der Waals surface area contributed by atoms with E-state index in [1.54, 1.807) is 12.1 Å². The maximum atomic E-state index is 13.2. The van der Waals surface area contributed by atoms with Crippen LogP contribution in [0, 0.1) is 0 Å². The highest BCUT2D eigenvalue weighted by atomic mass is 32.2. The molecule has 2 aromatic carbocycles. The zero-order chi connectivity index (χ0) is 23.4. The summed E-state index contributed by atoms with van der Waals surface area (Å²) in [6, 6.07) is 15.2. The number of rotatable bonds is 8. The van der Waals surface area contributed by atoms with Crippen LogP contribution in [0.1, 0.15) is 36.0 Å². The number of nitrogens with one attached hydrogen (secondary N) is 1. The Labute approximate surface area is 196 Å². The van der Waals surface area contributed by atoms with Crippen molar-refractivity contribution in [3.8, 4) is 0 Å². The molecule has 1 aliphatic rings. The van der Waals surface area contributed by atoms with Gasteiger partial charge in [0.2, 0.25) is 10.0 Å². The maximum absolute atomic E-state index is 13.2. The van der Waals surface area contributed by atoms with Crippen LogP contribution < -0.4 is 10.2 Å². The SMILES string of the molecule is CN(C)S(=O)(=O)c1ccc(N2CCCCC2)c(C(=O)NCCCn2ccc3ccccc32)c1. The molecule has 1 N–H and O–H groups in total. The first-order chi connectivity index (χ1) is 15.9. The van der Waals surface area contributed by atoms with Crippen molar-refractivity contribution in [2.75, 3.05) is 38.6 Å². The number of amides is 1. The number of carbonyl (C=O) groups excluding carboxylic acids is 1. The van der Waals surface area contributed by atoms with Gasteiger partial charge >= 0.3 is 0 Å². The minimum absolute atomic E-state index is 0.136. The highest BCUT2D eigenvalue weighted by molar-refractivity contribution is 7.89. The van der Waals surface area contributed by atoms with Crippen molar-refractivity contribution in [1.82, 2.24) is 14.2 Å². The van der Waals surface area contributed by atoms with E-state index >= 15 is 0 Å². The molecule has 4 rings (SSSR count). The van der Waals surface area contributed by atoms with Gasteiger partial charge in [0, 0.05) is 57.7 Å². The van der Waals surface area contributed by atoms with Gasteiger partial charge in [-0.15, -0.1) is 0 Å². The summed E-state index contributed by atoms with van der Waals surface area (Å²) in [6.45, 7) is 3.05. The molecule has 3 aromatic rings. The fourth-order valence-electron chi connectivity index (χ4n) is 4.36. The summed E-state index contributed by atoms with van der Waals surface area (Å²) >= 11 is 0. The largest absolute Gasteiger partial charge is 0.371 e. The number of hydrogen-bond acceptors (Lipinski definition) is 4. The van der Waals surface area contributed by atoms with E-state index in [1.165, 1.54) is 41.8 Å². The number of piperidine rings is 1. The van der Waals surface area contributed by atoms with Crippen molar-refractivity contribution < 1.29 is 13.2 Å². The average molecular weight is 469 g/mol. The number of aromatic nitrogens is 1. The Balaban J connectivity index is 1.49. The second-order valence-electron chi connectivity index (χ2n) is 8.69. The Kier molecular flexibility index (Phi) is 7.05. The molecular formula is C25H32N4O3S. The number of nitrogens with zero attached hydrogens (tertiary/aromatic N) is 3. The Morgan fingerprint density at radius 3 is 2.55 bits per heavy atom. The first-order valence-corrected chi connectivity index (χ1v) is 13.0. The molecule has 0 aliphatic carbocycles. The number of aryl methyl sites for hydroxylation is 1. The number of fused-ring (bicyclic) bond motifs is 1. The van der Waals surface area contributed by atoms with Crippen LogP contribution in [-0.2, 0) is 16.6 Å². The van der Waals surface area contributed by atoms with Crippen molar-refractivity contribution in [3.63, 3.8) is 0 Å². The molecule has 0 spiro atoms. The van der Waals surface area contributed by atoms with E-state index in [1.807, 2.05) is 12.1 Å². The summed E-state index contributed by atoms with van der Waals surface area (Å²) in [4.78, 5) is 15.5. The minimum Gasteiger partial charge on any atom is -0.371 e. The summed E-state index contributed by atoms with van der Waals surface area (Å²) in [6.07, 6.45) is 6.17. The standard InChI is InChI=1S/C25H32N4O3S/c1-27(2)33(31,32)21-11-12-24(28-15-6-3-7-16-28)22(19-21)25(30)26-14-8-17-29-18-13-20-9-4-5-10-23(20)29/h4-5,9-13,18-19H,3,6-8,14-17H2,1-2H3,(H,26,30). The topological polar surface area (TPSA) is 74.7 Å². The van der Waals surface area contributed by atoms with E-state index in [0.29, 0.717) is 12.1 Å². The predicted molar refractivity (Wildman–Crippen MR) is 132 cm³/mol. The molecule has 0 unspecified atom stereocenters. The third-order valence-electron chi connectivity index (χ3n) is 6.23. The van der Waals surface area contributed by atoms with Crippen LogP contribution in [0.4, 0.5) is 5.69 Å². The van der Waals surface area contributed by atoms with Gasteiger partial charge in [0.1, 0.15) is 0 Å². The van der Waals surface area contributed by atoms with E-state index < -0.39 is 10.0 Å². The lowest BCUT2D eigenvalue weighted by Crippen LogP contribution is -2.33. The summed E-state index contributed by atoms with van der Waals surface area (Å²) < 4.78 is 28.7. The van der Waals surface area contributed by atoms with Gasteiger partial charge in [-0.1, -0.05) is 18.2 Å². The van der Waals surface area contributed by atoms with E-state index in [9.17, 15) is 13.2 Å². The van der Waals surface area contributed by atoms with E-state index in [4.69, 9.17) is 0 Å². The zero-order valence-corrected chi connectivity index (χ0v) is 20.1.